The van der Waals surface area contributed by atoms with E-state index in [0.29, 0.717) is 15.4 Å². The highest BCUT2D eigenvalue weighted by molar-refractivity contribution is 9.10. The predicted molar refractivity (Wildman–Crippen MR) is 82.6 cm³/mol. The summed E-state index contributed by atoms with van der Waals surface area (Å²) in [7, 11) is 0. The quantitative estimate of drug-likeness (QED) is 0.725. The number of benzene rings is 1. The first-order chi connectivity index (χ1) is 11.0. The molecule has 2 aromatic rings. The molecule has 110 valence electrons. The van der Waals surface area contributed by atoms with Crippen LogP contribution in [0.3, 0.4) is 0 Å². The molecule has 3 N–H and O–H groups in total. The van der Waals surface area contributed by atoms with Gasteiger partial charge in [0.15, 0.2) is 5.75 Å². The molecule has 0 saturated carbocycles. The maximum atomic E-state index is 12.4. The lowest BCUT2D eigenvalue weighted by molar-refractivity contribution is 0.389. The number of rotatable bonds is 0. The maximum Gasteiger partial charge on any atom is 0.258 e. The molecular weight excluding hydrogens is 362 g/mol. The molecule has 0 unspecified atom stereocenters. The molecule has 23 heavy (non-hydrogen) atoms. The van der Waals surface area contributed by atoms with Crippen LogP contribution in [-0.4, -0.2) is 4.98 Å². The number of pyridine rings is 1. The molecule has 0 amide bonds. The van der Waals surface area contributed by atoms with Crippen LogP contribution in [0.25, 0.3) is 10.9 Å². The summed E-state index contributed by atoms with van der Waals surface area (Å²) in [4.78, 5) is 15.0. The molecule has 1 aliphatic rings. The second-order valence-electron chi connectivity index (χ2n) is 4.77. The fourth-order valence-corrected chi connectivity index (χ4v) is 2.90. The van der Waals surface area contributed by atoms with Gasteiger partial charge in [-0.25, -0.2) is 0 Å². The van der Waals surface area contributed by atoms with E-state index in [-0.39, 0.29) is 17.2 Å². The molecule has 7 nitrogen and oxygen atoms in total. The molecule has 0 aliphatic carbocycles. The van der Waals surface area contributed by atoms with Crippen molar-refractivity contribution in [3.63, 3.8) is 0 Å². The van der Waals surface area contributed by atoms with Crippen molar-refractivity contribution in [2.24, 2.45) is 5.73 Å². The maximum absolute atomic E-state index is 12.4. The molecular formula is C15H6BrN5O2. The van der Waals surface area contributed by atoms with Crippen molar-refractivity contribution in [1.82, 2.24) is 4.98 Å². The number of nitriles is 3. The molecule has 0 atom stereocenters. The monoisotopic (exact) mass is 367 g/mol. The van der Waals surface area contributed by atoms with Gasteiger partial charge in [-0.2, -0.15) is 15.8 Å². The Morgan fingerprint density at radius 2 is 1.96 bits per heavy atom. The van der Waals surface area contributed by atoms with Crippen molar-refractivity contribution >= 4 is 26.8 Å². The van der Waals surface area contributed by atoms with E-state index in [1.807, 2.05) is 0 Å². The van der Waals surface area contributed by atoms with Crippen LogP contribution in [0.5, 0.6) is 5.75 Å². The summed E-state index contributed by atoms with van der Waals surface area (Å²) in [5.74, 6) is -0.361. The normalized spacial score (nSPS) is 15.0. The Morgan fingerprint density at radius 3 is 2.57 bits per heavy atom. The van der Waals surface area contributed by atoms with E-state index in [4.69, 9.17) is 10.5 Å². The highest BCUT2D eigenvalue weighted by atomic mass is 79.9. The Kier molecular flexibility index (Phi) is 3.11. The molecule has 1 aliphatic heterocycles. The molecule has 0 radical (unpaired) electrons. The van der Waals surface area contributed by atoms with Gasteiger partial charge in [0, 0.05) is 9.86 Å². The summed E-state index contributed by atoms with van der Waals surface area (Å²) < 4.78 is 6.14. The fraction of sp³-hybridized carbons (Fsp3) is 0.0667. The van der Waals surface area contributed by atoms with Gasteiger partial charge in [0.05, 0.1) is 17.7 Å². The third kappa shape index (κ3) is 1.81. The lowest BCUT2D eigenvalue weighted by atomic mass is 9.75. The SMILES string of the molecule is N#CC1=C(N)Oc2c(c(=O)[nH]c3ccc(Br)cc23)C1(C#N)C#N. The highest BCUT2D eigenvalue weighted by Crippen LogP contribution is 2.43. The molecule has 0 saturated heterocycles. The van der Waals surface area contributed by atoms with Gasteiger partial charge in [-0.1, -0.05) is 15.9 Å². The summed E-state index contributed by atoms with van der Waals surface area (Å²) in [5, 5.41) is 28.8. The number of hydrogen-bond acceptors (Lipinski definition) is 6. The second kappa shape index (κ2) is 4.88. The summed E-state index contributed by atoms with van der Waals surface area (Å²) in [5.41, 5.74) is 2.74. The third-order valence-corrected chi connectivity index (χ3v) is 4.08. The Bertz CT molecular complexity index is 1060. The molecule has 1 aromatic carbocycles. The van der Waals surface area contributed by atoms with E-state index in [2.05, 4.69) is 20.9 Å². The summed E-state index contributed by atoms with van der Waals surface area (Å²) in [6, 6.07) is 10.2. The fourth-order valence-electron chi connectivity index (χ4n) is 2.54. The number of allylic oxidation sites excluding steroid dienone is 1. The number of aromatic nitrogens is 1. The number of halogens is 1. The number of aromatic amines is 1. The van der Waals surface area contributed by atoms with Crippen molar-refractivity contribution in [1.29, 1.82) is 15.8 Å². The average molecular weight is 368 g/mol. The topological polar surface area (TPSA) is 139 Å². The Balaban J connectivity index is 2.57. The van der Waals surface area contributed by atoms with Crippen LogP contribution in [0.2, 0.25) is 0 Å². The van der Waals surface area contributed by atoms with Crippen LogP contribution in [0.4, 0.5) is 0 Å². The van der Waals surface area contributed by atoms with Gasteiger partial charge >= 0.3 is 0 Å². The molecule has 0 fully saturated rings. The zero-order chi connectivity index (χ0) is 16.8. The van der Waals surface area contributed by atoms with Crippen molar-refractivity contribution in [3.05, 3.63) is 50.0 Å². The van der Waals surface area contributed by atoms with Gasteiger partial charge in [-0.05, 0) is 18.2 Å². The van der Waals surface area contributed by atoms with Crippen LogP contribution >= 0.6 is 15.9 Å². The molecule has 8 heteroatoms. The van der Waals surface area contributed by atoms with Gasteiger partial charge in [0.2, 0.25) is 11.3 Å². The van der Waals surface area contributed by atoms with Crippen LogP contribution in [-0.2, 0) is 5.41 Å². The minimum Gasteiger partial charge on any atom is -0.439 e. The second-order valence-corrected chi connectivity index (χ2v) is 5.69. The van der Waals surface area contributed by atoms with Crippen molar-refractivity contribution < 1.29 is 4.74 Å². The van der Waals surface area contributed by atoms with Gasteiger partial charge in [0.25, 0.3) is 5.56 Å². The first-order valence-corrected chi connectivity index (χ1v) is 7.04. The molecule has 2 heterocycles. The molecule has 1 aromatic heterocycles. The third-order valence-electron chi connectivity index (χ3n) is 3.58. The van der Waals surface area contributed by atoms with E-state index in [0.717, 1.165) is 0 Å². The minimum absolute atomic E-state index is 0.00431. The highest BCUT2D eigenvalue weighted by Gasteiger charge is 2.48. The lowest BCUT2D eigenvalue weighted by Crippen LogP contribution is -2.38. The first-order valence-electron chi connectivity index (χ1n) is 6.25. The number of H-pyrrole nitrogens is 1. The Labute approximate surface area is 137 Å². The van der Waals surface area contributed by atoms with E-state index in [1.54, 1.807) is 36.4 Å². The largest absolute Gasteiger partial charge is 0.439 e. The van der Waals surface area contributed by atoms with Gasteiger partial charge in [0.1, 0.15) is 17.2 Å². The predicted octanol–water partition coefficient (Wildman–Crippen LogP) is 1.66. The van der Waals surface area contributed by atoms with E-state index < -0.39 is 16.5 Å². The Hall–Kier alpha value is -3.28. The minimum atomic E-state index is -2.11. The smallest absolute Gasteiger partial charge is 0.258 e. The van der Waals surface area contributed by atoms with Crippen molar-refractivity contribution in [2.75, 3.05) is 0 Å². The zero-order valence-corrected chi connectivity index (χ0v) is 12.9. The molecule has 0 bridgehead atoms. The number of hydrogen-bond donors (Lipinski definition) is 2. The van der Waals surface area contributed by atoms with E-state index >= 15 is 0 Å². The summed E-state index contributed by atoms with van der Waals surface area (Å²) in [6.07, 6.45) is 0. The van der Waals surface area contributed by atoms with Crippen LogP contribution in [0.15, 0.2) is 38.9 Å². The standard InChI is InChI=1S/C15H6BrN5O2/c16-7-1-2-10-8(3-7)12-11(14(22)21-10)15(5-18,6-19)9(4-17)13(20)23-12/h1-3H,20H2,(H,21,22). The van der Waals surface area contributed by atoms with Gasteiger partial charge in [-0.3, -0.25) is 4.79 Å². The van der Waals surface area contributed by atoms with Crippen LogP contribution < -0.4 is 16.0 Å². The number of nitrogens with one attached hydrogen (secondary N) is 1. The molecule has 3 rings (SSSR count). The summed E-state index contributed by atoms with van der Waals surface area (Å²) >= 11 is 3.31. The van der Waals surface area contributed by atoms with E-state index in [1.165, 1.54) is 0 Å². The lowest BCUT2D eigenvalue weighted by Gasteiger charge is -2.27. The summed E-state index contributed by atoms with van der Waals surface area (Å²) in [6.45, 7) is 0. The van der Waals surface area contributed by atoms with Gasteiger partial charge in [-0.15, -0.1) is 0 Å². The zero-order valence-electron chi connectivity index (χ0n) is 11.3. The van der Waals surface area contributed by atoms with Crippen molar-refractivity contribution in [2.45, 2.75) is 5.41 Å². The average Bonchev–Trinajstić information content (AvgIpc) is 2.54. The molecule has 0 spiro atoms. The number of nitrogens with two attached hydrogens (primary N) is 1. The Morgan fingerprint density at radius 1 is 1.26 bits per heavy atom. The number of fused-ring (bicyclic) bond motifs is 3. The van der Waals surface area contributed by atoms with Crippen molar-refractivity contribution in [3.8, 4) is 24.0 Å². The number of nitrogens with zero attached hydrogens (tertiary/aromatic N) is 3. The van der Waals surface area contributed by atoms with Gasteiger partial charge < -0.3 is 15.5 Å². The van der Waals surface area contributed by atoms with Crippen LogP contribution in [0, 0.1) is 34.0 Å². The van der Waals surface area contributed by atoms with Crippen LogP contribution in [0.1, 0.15) is 5.56 Å². The first kappa shape index (κ1) is 14.6. The van der Waals surface area contributed by atoms with E-state index in [9.17, 15) is 20.6 Å². The number of ether oxygens (including phenoxy) is 1.